The Labute approximate surface area is 84.6 Å². The maximum absolute atomic E-state index is 5.79. The zero-order valence-corrected chi connectivity index (χ0v) is 8.75. The van der Waals surface area contributed by atoms with E-state index in [4.69, 9.17) is 15.2 Å². The summed E-state index contributed by atoms with van der Waals surface area (Å²) in [5.74, 6) is 2.45. The molecular weight excluding hydrogens is 178 g/mol. The molecule has 1 aliphatic carbocycles. The van der Waals surface area contributed by atoms with Gasteiger partial charge in [-0.15, -0.1) is 0 Å². The fourth-order valence-electron chi connectivity index (χ4n) is 1.95. The van der Waals surface area contributed by atoms with Crippen molar-refractivity contribution in [2.75, 3.05) is 6.79 Å². The number of allylic oxidation sites excluding steroid dienone is 2. The highest BCUT2D eigenvalue weighted by molar-refractivity contribution is 5.30. The van der Waals surface area contributed by atoms with Gasteiger partial charge in [-0.2, -0.15) is 0 Å². The largest absolute Gasteiger partial charge is 0.458 e. The van der Waals surface area contributed by atoms with Crippen LogP contribution >= 0.6 is 0 Å². The van der Waals surface area contributed by atoms with Crippen molar-refractivity contribution in [3.8, 4) is 0 Å². The van der Waals surface area contributed by atoms with Gasteiger partial charge in [0.2, 0.25) is 6.79 Å². The smallest absolute Gasteiger partial charge is 0.230 e. The van der Waals surface area contributed by atoms with Gasteiger partial charge in [0.15, 0.2) is 5.76 Å². The Morgan fingerprint density at radius 3 is 3.07 bits per heavy atom. The normalized spacial score (nSPS) is 27.6. The molecule has 2 unspecified atom stereocenters. The molecule has 14 heavy (non-hydrogen) atoms. The summed E-state index contributed by atoms with van der Waals surface area (Å²) in [4.78, 5) is 0. The first-order chi connectivity index (χ1) is 6.66. The third-order valence-electron chi connectivity index (χ3n) is 2.72. The lowest BCUT2D eigenvalue weighted by atomic mass is 9.88. The summed E-state index contributed by atoms with van der Waals surface area (Å²) in [6.07, 6.45) is 4.00. The van der Waals surface area contributed by atoms with Gasteiger partial charge in [0.1, 0.15) is 5.76 Å². The van der Waals surface area contributed by atoms with Crippen molar-refractivity contribution in [1.29, 1.82) is 0 Å². The summed E-state index contributed by atoms with van der Waals surface area (Å²) in [5.41, 5.74) is 7.17. The summed E-state index contributed by atoms with van der Waals surface area (Å²) in [5, 5.41) is 0. The summed E-state index contributed by atoms with van der Waals surface area (Å²) in [6.45, 7) is 4.61. The molecule has 0 aromatic carbocycles. The van der Waals surface area contributed by atoms with E-state index in [-0.39, 0.29) is 6.04 Å². The molecule has 0 amide bonds. The molecule has 2 atom stereocenters. The number of ether oxygens (including phenoxy) is 2. The topological polar surface area (TPSA) is 44.5 Å². The minimum atomic E-state index is 0.216. The molecule has 0 spiro atoms. The van der Waals surface area contributed by atoms with Crippen LogP contribution in [0.3, 0.4) is 0 Å². The molecule has 3 nitrogen and oxygen atoms in total. The van der Waals surface area contributed by atoms with E-state index < -0.39 is 0 Å². The molecule has 1 aliphatic heterocycles. The number of nitrogens with two attached hydrogens (primary N) is 1. The Bertz CT molecular complexity index is 292. The number of hydrogen-bond donors (Lipinski definition) is 1. The standard InChI is InChI=1S/C11H17NO2/c1-7-3-10-11(14-6-13-10)5-9(7)4-8(2)12/h5,7-8H,3-4,6,12H2,1-2H3. The second-order valence-corrected chi connectivity index (χ2v) is 4.20. The molecule has 0 aromatic heterocycles. The average molecular weight is 195 g/mol. The third-order valence-corrected chi connectivity index (χ3v) is 2.72. The average Bonchev–Trinajstić information content (AvgIpc) is 2.51. The van der Waals surface area contributed by atoms with Crippen LogP contribution in [0.4, 0.5) is 0 Å². The Hall–Kier alpha value is -0.960. The lowest BCUT2D eigenvalue weighted by Crippen LogP contribution is -2.19. The Kier molecular flexibility index (Phi) is 2.50. The van der Waals surface area contributed by atoms with Gasteiger partial charge in [-0.05, 0) is 25.3 Å². The van der Waals surface area contributed by atoms with Gasteiger partial charge in [-0.1, -0.05) is 12.5 Å². The Morgan fingerprint density at radius 2 is 2.36 bits per heavy atom. The quantitative estimate of drug-likeness (QED) is 0.732. The molecule has 2 N–H and O–H groups in total. The van der Waals surface area contributed by atoms with Gasteiger partial charge in [0.25, 0.3) is 0 Å². The van der Waals surface area contributed by atoms with E-state index in [1.54, 1.807) is 0 Å². The zero-order valence-electron chi connectivity index (χ0n) is 8.75. The molecule has 0 saturated carbocycles. The lowest BCUT2D eigenvalue weighted by Gasteiger charge is -2.21. The van der Waals surface area contributed by atoms with Crippen molar-refractivity contribution in [2.45, 2.75) is 32.7 Å². The van der Waals surface area contributed by atoms with Crippen LogP contribution in [0, 0.1) is 5.92 Å². The summed E-state index contributed by atoms with van der Waals surface area (Å²) >= 11 is 0. The second-order valence-electron chi connectivity index (χ2n) is 4.20. The lowest BCUT2D eigenvalue weighted by molar-refractivity contribution is 0.0720. The van der Waals surface area contributed by atoms with E-state index in [0.717, 1.165) is 24.4 Å². The highest BCUT2D eigenvalue weighted by atomic mass is 16.7. The fraction of sp³-hybridized carbons (Fsp3) is 0.636. The van der Waals surface area contributed by atoms with Crippen molar-refractivity contribution in [1.82, 2.24) is 0 Å². The van der Waals surface area contributed by atoms with E-state index in [0.29, 0.717) is 12.7 Å². The van der Waals surface area contributed by atoms with Crippen LogP contribution in [-0.4, -0.2) is 12.8 Å². The first-order valence-electron chi connectivity index (χ1n) is 5.11. The van der Waals surface area contributed by atoms with Crippen molar-refractivity contribution < 1.29 is 9.47 Å². The molecule has 2 aliphatic rings. The van der Waals surface area contributed by atoms with Crippen molar-refractivity contribution in [3.63, 3.8) is 0 Å². The van der Waals surface area contributed by atoms with E-state index in [1.165, 1.54) is 5.57 Å². The van der Waals surface area contributed by atoms with Crippen LogP contribution in [-0.2, 0) is 9.47 Å². The first-order valence-corrected chi connectivity index (χ1v) is 5.11. The van der Waals surface area contributed by atoms with Crippen molar-refractivity contribution in [3.05, 3.63) is 23.2 Å². The summed E-state index contributed by atoms with van der Waals surface area (Å²) in [7, 11) is 0. The molecule has 78 valence electrons. The Morgan fingerprint density at radius 1 is 1.57 bits per heavy atom. The van der Waals surface area contributed by atoms with Crippen molar-refractivity contribution in [2.24, 2.45) is 11.7 Å². The fourth-order valence-corrected chi connectivity index (χ4v) is 1.95. The first kappa shape index (κ1) is 9.59. The summed E-state index contributed by atoms with van der Waals surface area (Å²) in [6, 6.07) is 0.216. The Balaban J connectivity index is 2.15. The molecule has 1 heterocycles. The summed E-state index contributed by atoms with van der Waals surface area (Å²) < 4.78 is 10.7. The molecule has 2 rings (SSSR count). The van der Waals surface area contributed by atoms with Gasteiger partial charge in [-0.3, -0.25) is 0 Å². The number of hydrogen-bond acceptors (Lipinski definition) is 3. The molecule has 0 radical (unpaired) electrons. The molecule has 0 aromatic rings. The van der Waals surface area contributed by atoms with Gasteiger partial charge in [0.05, 0.1) is 0 Å². The highest BCUT2D eigenvalue weighted by Crippen LogP contribution is 2.35. The molecule has 0 bridgehead atoms. The molecular formula is C11H17NO2. The van der Waals surface area contributed by atoms with Crippen LogP contribution in [0.5, 0.6) is 0 Å². The second kappa shape index (κ2) is 3.65. The van der Waals surface area contributed by atoms with Gasteiger partial charge in [-0.25, -0.2) is 0 Å². The maximum Gasteiger partial charge on any atom is 0.230 e. The monoisotopic (exact) mass is 195 g/mol. The van der Waals surface area contributed by atoms with Crippen molar-refractivity contribution >= 4 is 0 Å². The molecule has 0 fully saturated rings. The molecule has 0 saturated heterocycles. The minimum Gasteiger partial charge on any atom is -0.458 e. The minimum absolute atomic E-state index is 0.216. The predicted octanol–water partition coefficient (Wildman–Crippen LogP) is 1.91. The van der Waals surface area contributed by atoms with Gasteiger partial charge < -0.3 is 15.2 Å². The highest BCUT2D eigenvalue weighted by Gasteiger charge is 2.25. The van der Waals surface area contributed by atoms with Gasteiger partial charge in [0, 0.05) is 12.5 Å². The predicted molar refractivity (Wildman–Crippen MR) is 54.2 cm³/mol. The van der Waals surface area contributed by atoms with Crippen LogP contribution in [0.2, 0.25) is 0 Å². The van der Waals surface area contributed by atoms with E-state index in [1.807, 2.05) is 6.92 Å². The van der Waals surface area contributed by atoms with Crippen LogP contribution in [0.15, 0.2) is 23.2 Å². The van der Waals surface area contributed by atoms with Crippen LogP contribution < -0.4 is 5.73 Å². The van der Waals surface area contributed by atoms with Gasteiger partial charge >= 0.3 is 0 Å². The van der Waals surface area contributed by atoms with E-state index in [2.05, 4.69) is 13.0 Å². The van der Waals surface area contributed by atoms with E-state index in [9.17, 15) is 0 Å². The van der Waals surface area contributed by atoms with Crippen LogP contribution in [0.1, 0.15) is 26.7 Å². The maximum atomic E-state index is 5.79. The van der Waals surface area contributed by atoms with Crippen LogP contribution in [0.25, 0.3) is 0 Å². The SMILES string of the molecule is CC(N)CC1=CC2=C(CC1C)OCO2. The van der Waals surface area contributed by atoms with E-state index >= 15 is 0 Å². The molecule has 3 heteroatoms. The number of rotatable bonds is 2. The third kappa shape index (κ3) is 1.77. The zero-order chi connectivity index (χ0) is 10.1.